The number of amides is 2. The molecule has 7 heteroatoms. The Kier molecular flexibility index (Phi) is 5.83. The van der Waals surface area contributed by atoms with Crippen molar-refractivity contribution in [2.75, 3.05) is 18.0 Å². The highest BCUT2D eigenvalue weighted by molar-refractivity contribution is 7.12. The second kappa shape index (κ2) is 7.63. The van der Waals surface area contributed by atoms with Gasteiger partial charge in [0.1, 0.15) is 0 Å². The van der Waals surface area contributed by atoms with Crippen LogP contribution in [0.1, 0.15) is 16.6 Å². The van der Waals surface area contributed by atoms with Crippen molar-refractivity contribution in [3.63, 3.8) is 0 Å². The summed E-state index contributed by atoms with van der Waals surface area (Å²) in [4.78, 5) is 25.8. The molecule has 0 radical (unpaired) electrons. The maximum atomic E-state index is 11.9. The number of halogens is 2. The molecule has 2 aromatic rings. The molecule has 2 amide bonds. The Morgan fingerprint density at radius 1 is 1.27 bits per heavy atom. The summed E-state index contributed by atoms with van der Waals surface area (Å²) in [5.41, 5.74) is 0.573. The second-order valence-corrected chi connectivity index (χ2v) is 6.29. The molecule has 0 spiro atoms. The van der Waals surface area contributed by atoms with E-state index in [0.717, 1.165) is 0 Å². The molecule has 1 heterocycles. The highest BCUT2D eigenvalue weighted by atomic mass is 35.5. The molecule has 0 aliphatic carbocycles. The van der Waals surface area contributed by atoms with Gasteiger partial charge >= 0.3 is 0 Å². The van der Waals surface area contributed by atoms with Gasteiger partial charge in [-0.1, -0.05) is 29.3 Å². The Morgan fingerprint density at radius 2 is 2.05 bits per heavy atom. The monoisotopic (exact) mass is 356 g/mol. The first kappa shape index (κ1) is 16.8. The summed E-state index contributed by atoms with van der Waals surface area (Å²) in [5, 5.41) is 5.52. The number of benzene rings is 1. The molecule has 4 nitrogen and oxygen atoms in total. The predicted octanol–water partition coefficient (Wildman–Crippen LogP) is 3.84. The second-order valence-electron chi connectivity index (χ2n) is 4.50. The molecule has 1 N–H and O–H groups in total. The topological polar surface area (TPSA) is 49.4 Å². The van der Waals surface area contributed by atoms with E-state index >= 15 is 0 Å². The summed E-state index contributed by atoms with van der Waals surface area (Å²) < 4.78 is 0. The van der Waals surface area contributed by atoms with Crippen LogP contribution in [0.2, 0.25) is 10.0 Å². The zero-order chi connectivity index (χ0) is 16.1. The number of hydrogen-bond donors (Lipinski definition) is 1. The molecule has 1 aromatic heterocycles. The molecule has 0 aliphatic rings. The fraction of sp³-hybridized carbons (Fsp3) is 0.200. The molecule has 0 unspecified atom stereocenters. The molecule has 0 fully saturated rings. The highest BCUT2D eigenvalue weighted by Gasteiger charge is 2.15. The Hall–Kier alpha value is -1.56. The van der Waals surface area contributed by atoms with Gasteiger partial charge in [-0.05, 0) is 29.6 Å². The summed E-state index contributed by atoms with van der Waals surface area (Å²) in [7, 11) is 0. The van der Waals surface area contributed by atoms with E-state index in [2.05, 4.69) is 5.32 Å². The van der Waals surface area contributed by atoms with Crippen LogP contribution in [0.25, 0.3) is 0 Å². The van der Waals surface area contributed by atoms with Gasteiger partial charge in [0, 0.05) is 25.0 Å². The van der Waals surface area contributed by atoms with Gasteiger partial charge in [0.05, 0.1) is 15.6 Å². The molecule has 2 rings (SSSR count). The number of hydrogen-bond acceptors (Lipinski definition) is 3. The normalized spacial score (nSPS) is 10.3. The Labute approximate surface area is 142 Å². The number of carbonyl (C=O) groups is 2. The van der Waals surface area contributed by atoms with Crippen molar-refractivity contribution in [1.29, 1.82) is 0 Å². The summed E-state index contributed by atoms with van der Waals surface area (Å²) in [6.45, 7) is 2.11. The van der Waals surface area contributed by atoms with E-state index in [1.54, 1.807) is 24.3 Å². The lowest BCUT2D eigenvalue weighted by Crippen LogP contribution is -2.37. The third kappa shape index (κ3) is 4.22. The largest absolute Gasteiger partial charge is 0.350 e. The van der Waals surface area contributed by atoms with Crippen molar-refractivity contribution in [2.45, 2.75) is 6.92 Å². The number of thiophene rings is 1. The first-order valence-electron chi connectivity index (χ1n) is 6.54. The average Bonchev–Trinajstić information content (AvgIpc) is 2.98. The van der Waals surface area contributed by atoms with Crippen LogP contribution < -0.4 is 10.2 Å². The summed E-state index contributed by atoms with van der Waals surface area (Å²) in [6.07, 6.45) is 0. The molecule has 22 heavy (non-hydrogen) atoms. The number of nitrogens with one attached hydrogen (secondary N) is 1. The van der Waals surface area contributed by atoms with E-state index < -0.39 is 0 Å². The molecule has 0 saturated heterocycles. The quantitative estimate of drug-likeness (QED) is 0.884. The first-order chi connectivity index (χ1) is 10.5. The van der Waals surface area contributed by atoms with E-state index in [-0.39, 0.29) is 11.8 Å². The Balaban J connectivity index is 2.01. The van der Waals surface area contributed by atoms with Gasteiger partial charge in [-0.2, -0.15) is 0 Å². The number of anilines is 1. The molecule has 0 atom stereocenters. The van der Waals surface area contributed by atoms with Gasteiger partial charge in [-0.15, -0.1) is 11.3 Å². The Bertz CT molecular complexity index is 674. The van der Waals surface area contributed by atoms with Crippen LogP contribution in [0.3, 0.4) is 0 Å². The lowest BCUT2D eigenvalue weighted by Gasteiger charge is -2.22. The predicted molar refractivity (Wildman–Crippen MR) is 91.1 cm³/mol. The third-order valence-corrected chi connectivity index (χ3v) is 4.35. The Morgan fingerprint density at radius 3 is 2.64 bits per heavy atom. The van der Waals surface area contributed by atoms with Crippen molar-refractivity contribution in [2.24, 2.45) is 0 Å². The fourth-order valence-electron chi connectivity index (χ4n) is 1.92. The molecule has 116 valence electrons. The van der Waals surface area contributed by atoms with Crippen molar-refractivity contribution < 1.29 is 9.59 Å². The molecule has 0 aliphatic heterocycles. The minimum Gasteiger partial charge on any atom is -0.350 e. The van der Waals surface area contributed by atoms with Crippen molar-refractivity contribution in [3.8, 4) is 0 Å². The smallest absolute Gasteiger partial charge is 0.261 e. The summed E-state index contributed by atoms with van der Waals surface area (Å²) in [5.74, 6) is -0.310. The first-order valence-corrected chi connectivity index (χ1v) is 8.17. The van der Waals surface area contributed by atoms with Crippen LogP contribution in [0.5, 0.6) is 0 Å². The zero-order valence-corrected chi connectivity index (χ0v) is 14.1. The van der Waals surface area contributed by atoms with E-state index in [4.69, 9.17) is 23.2 Å². The van der Waals surface area contributed by atoms with Gasteiger partial charge in [0.25, 0.3) is 5.91 Å². The van der Waals surface area contributed by atoms with Crippen molar-refractivity contribution in [3.05, 3.63) is 50.6 Å². The van der Waals surface area contributed by atoms with Crippen LogP contribution in [-0.4, -0.2) is 24.9 Å². The van der Waals surface area contributed by atoms with Gasteiger partial charge in [-0.25, -0.2) is 0 Å². The van der Waals surface area contributed by atoms with Crippen LogP contribution in [0.4, 0.5) is 5.69 Å². The van der Waals surface area contributed by atoms with Crippen molar-refractivity contribution in [1.82, 2.24) is 5.32 Å². The number of nitrogens with zero attached hydrogens (tertiary/aromatic N) is 1. The van der Waals surface area contributed by atoms with Gasteiger partial charge in [0.15, 0.2) is 0 Å². The zero-order valence-electron chi connectivity index (χ0n) is 11.8. The van der Waals surface area contributed by atoms with Gasteiger partial charge in [-0.3, -0.25) is 9.59 Å². The lowest BCUT2D eigenvalue weighted by molar-refractivity contribution is -0.116. The maximum Gasteiger partial charge on any atom is 0.261 e. The molecular formula is C15H14Cl2N2O2S. The standard InChI is InChI=1S/C15H14Cl2N2O2S/c1-10(20)19(13-5-4-11(16)9-12(13)17)7-6-18-15(21)14-3-2-8-22-14/h2-5,8-9H,6-7H2,1H3,(H,18,21). The SMILES string of the molecule is CC(=O)N(CCNC(=O)c1cccs1)c1ccc(Cl)cc1Cl. The van der Waals surface area contributed by atoms with Gasteiger partial charge in [0.2, 0.25) is 5.91 Å². The summed E-state index contributed by atoms with van der Waals surface area (Å²) >= 11 is 13.4. The van der Waals surface area contributed by atoms with Crippen LogP contribution in [0.15, 0.2) is 35.7 Å². The number of carbonyl (C=O) groups excluding carboxylic acids is 2. The average molecular weight is 357 g/mol. The maximum absolute atomic E-state index is 11.9. The highest BCUT2D eigenvalue weighted by Crippen LogP contribution is 2.28. The van der Waals surface area contributed by atoms with E-state index in [9.17, 15) is 9.59 Å². The molecule has 0 saturated carbocycles. The molecular weight excluding hydrogens is 343 g/mol. The third-order valence-electron chi connectivity index (χ3n) is 2.95. The van der Waals surface area contributed by atoms with Crippen LogP contribution >= 0.6 is 34.5 Å². The molecule has 1 aromatic carbocycles. The van der Waals surface area contributed by atoms with Gasteiger partial charge < -0.3 is 10.2 Å². The van der Waals surface area contributed by atoms with Crippen LogP contribution in [-0.2, 0) is 4.79 Å². The minimum atomic E-state index is -0.158. The van der Waals surface area contributed by atoms with E-state index in [1.807, 2.05) is 11.4 Å². The van der Waals surface area contributed by atoms with E-state index in [0.29, 0.717) is 33.7 Å². The number of rotatable bonds is 5. The minimum absolute atomic E-state index is 0.152. The van der Waals surface area contributed by atoms with Crippen LogP contribution in [0, 0.1) is 0 Å². The van der Waals surface area contributed by atoms with Crippen molar-refractivity contribution >= 4 is 52.0 Å². The molecule has 0 bridgehead atoms. The fourth-order valence-corrected chi connectivity index (χ4v) is 3.07. The van der Waals surface area contributed by atoms with E-state index in [1.165, 1.54) is 23.2 Å². The lowest BCUT2D eigenvalue weighted by atomic mass is 10.2. The summed E-state index contributed by atoms with van der Waals surface area (Å²) in [6, 6.07) is 8.50.